The minimum absolute atomic E-state index is 0.0894. The number of para-hydroxylation sites is 1. The number of halogens is 1. The number of amides is 1. The van der Waals surface area contributed by atoms with Gasteiger partial charge in [-0.1, -0.05) is 54.1 Å². The highest BCUT2D eigenvalue weighted by atomic mass is 35.5. The number of hydrogen-bond acceptors (Lipinski definition) is 3. The molecule has 5 rings (SSSR count). The Hall–Kier alpha value is -3.81. The molecular weight excluding hydrogens is 494 g/mol. The summed E-state index contributed by atoms with van der Waals surface area (Å²) in [4.78, 5) is 13.3. The topological polar surface area (TPSA) is 71.4 Å². The summed E-state index contributed by atoms with van der Waals surface area (Å²) in [6.07, 6.45) is 0. The number of nitrogens with zero attached hydrogens (tertiary/aromatic N) is 2. The third-order valence-corrected chi connectivity index (χ3v) is 8.11. The van der Waals surface area contributed by atoms with E-state index in [1.807, 2.05) is 30.3 Å². The predicted molar refractivity (Wildman–Crippen MR) is 146 cm³/mol. The van der Waals surface area contributed by atoms with Gasteiger partial charge in [-0.25, -0.2) is 8.42 Å². The molecule has 0 aliphatic rings. The molecule has 0 bridgehead atoms. The predicted octanol–water partition coefficient (Wildman–Crippen LogP) is 6.30. The van der Waals surface area contributed by atoms with Crippen LogP contribution >= 0.6 is 11.6 Å². The van der Waals surface area contributed by atoms with Crippen molar-refractivity contribution < 1.29 is 13.2 Å². The zero-order chi connectivity index (χ0) is 25.3. The van der Waals surface area contributed by atoms with Crippen molar-refractivity contribution in [2.75, 3.05) is 16.2 Å². The van der Waals surface area contributed by atoms with Crippen molar-refractivity contribution in [3.05, 3.63) is 102 Å². The number of hydrogen-bond donors (Lipinski definition) is 1. The van der Waals surface area contributed by atoms with E-state index < -0.39 is 22.5 Å². The molecule has 0 fully saturated rings. The largest absolute Gasteiger partial charge is 0.341 e. The number of benzene rings is 4. The summed E-state index contributed by atoms with van der Waals surface area (Å²) in [5.74, 6) is -0.465. The van der Waals surface area contributed by atoms with Crippen LogP contribution in [0, 0.1) is 0 Å². The van der Waals surface area contributed by atoms with E-state index >= 15 is 0 Å². The van der Waals surface area contributed by atoms with Crippen LogP contribution in [0.4, 0.5) is 11.4 Å². The maximum atomic E-state index is 13.5. The van der Waals surface area contributed by atoms with Crippen molar-refractivity contribution in [2.45, 2.75) is 18.4 Å². The summed E-state index contributed by atoms with van der Waals surface area (Å²) < 4.78 is 30.3. The number of carbonyl (C=O) groups is 1. The maximum Gasteiger partial charge on any atom is 0.264 e. The third-order valence-electron chi connectivity index (χ3n) is 6.09. The zero-order valence-corrected chi connectivity index (χ0v) is 21.1. The average Bonchev–Trinajstić information content (AvgIpc) is 3.20. The lowest BCUT2D eigenvalue weighted by molar-refractivity contribution is -0.114. The second-order valence-corrected chi connectivity index (χ2v) is 10.6. The molecule has 1 N–H and O–H groups in total. The summed E-state index contributed by atoms with van der Waals surface area (Å²) in [6, 6.07) is 28.4. The van der Waals surface area contributed by atoms with E-state index in [2.05, 4.69) is 28.9 Å². The standard InChI is InChI=1S/C28H24ClN3O3S/c1-2-31-26-14-7-6-13-24(26)25-18-21(15-16-27(25)31)30-28(33)19-32(22-10-8-9-20(29)17-22)36(34,35)23-11-4-3-5-12-23/h3-18H,2,19H2,1H3,(H,30,33). The number of aryl methyl sites for hydroxylation is 1. The van der Waals surface area contributed by atoms with Gasteiger partial charge in [-0.2, -0.15) is 0 Å². The van der Waals surface area contributed by atoms with Crippen molar-refractivity contribution in [3.63, 3.8) is 0 Å². The molecule has 0 atom stereocenters. The van der Waals surface area contributed by atoms with Crippen molar-refractivity contribution in [2.24, 2.45) is 0 Å². The fourth-order valence-electron chi connectivity index (χ4n) is 4.47. The monoisotopic (exact) mass is 517 g/mol. The summed E-state index contributed by atoms with van der Waals surface area (Å²) in [5.41, 5.74) is 3.10. The first-order valence-electron chi connectivity index (χ1n) is 11.5. The minimum Gasteiger partial charge on any atom is -0.341 e. The number of anilines is 2. The lowest BCUT2D eigenvalue weighted by Crippen LogP contribution is -2.38. The highest BCUT2D eigenvalue weighted by Crippen LogP contribution is 2.31. The Kier molecular flexibility index (Phi) is 6.43. The van der Waals surface area contributed by atoms with Crippen LogP contribution in [-0.2, 0) is 21.4 Å². The van der Waals surface area contributed by atoms with Gasteiger partial charge in [0.05, 0.1) is 10.6 Å². The van der Waals surface area contributed by atoms with E-state index in [1.54, 1.807) is 36.4 Å². The normalized spacial score (nSPS) is 11.6. The molecule has 8 heteroatoms. The third kappa shape index (κ3) is 4.43. The van der Waals surface area contributed by atoms with Crippen molar-refractivity contribution >= 4 is 60.7 Å². The first kappa shape index (κ1) is 23.9. The molecule has 0 aliphatic carbocycles. The molecular formula is C28H24ClN3O3S. The Morgan fingerprint density at radius 1 is 0.861 bits per heavy atom. The van der Waals surface area contributed by atoms with Gasteiger partial charge in [-0.15, -0.1) is 0 Å². The Morgan fingerprint density at radius 2 is 1.58 bits per heavy atom. The van der Waals surface area contributed by atoms with E-state index in [0.717, 1.165) is 32.7 Å². The van der Waals surface area contributed by atoms with Gasteiger partial charge in [-0.3, -0.25) is 9.10 Å². The van der Waals surface area contributed by atoms with Gasteiger partial charge in [-0.05, 0) is 61.5 Å². The van der Waals surface area contributed by atoms with Gasteiger partial charge >= 0.3 is 0 Å². The number of sulfonamides is 1. The van der Waals surface area contributed by atoms with Crippen LogP contribution < -0.4 is 9.62 Å². The molecule has 1 heterocycles. The number of rotatable bonds is 7. The first-order chi connectivity index (χ1) is 17.4. The molecule has 1 amide bonds. The van der Waals surface area contributed by atoms with Crippen molar-refractivity contribution in [3.8, 4) is 0 Å². The van der Waals surface area contributed by atoms with Crippen LogP contribution in [-0.4, -0.2) is 25.4 Å². The Labute approximate surface area is 214 Å². The molecule has 0 saturated carbocycles. The molecule has 4 aromatic carbocycles. The average molecular weight is 518 g/mol. The van der Waals surface area contributed by atoms with Gasteiger partial charge in [0.1, 0.15) is 6.54 Å². The molecule has 0 radical (unpaired) electrons. The molecule has 1 aromatic heterocycles. The molecule has 6 nitrogen and oxygen atoms in total. The first-order valence-corrected chi connectivity index (χ1v) is 13.3. The van der Waals surface area contributed by atoms with Crippen LogP contribution in [0.3, 0.4) is 0 Å². The maximum absolute atomic E-state index is 13.5. The Bertz CT molecular complexity index is 1680. The Balaban J connectivity index is 1.48. The molecule has 0 aliphatic heterocycles. The number of fused-ring (bicyclic) bond motifs is 3. The van der Waals surface area contributed by atoms with Gasteiger partial charge in [0.15, 0.2) is 0 Å². The molecule has 182 valence electrons. The highest BCUT2D eigenvalue weighted by Gasteiger charge is 2.27. The molecule has 0 saturated heterocycles. The fraction of sp³-hybridized carbons (Fsp3) is 0.107. The van der Waals surface area contributed by atoms with E-state index in [1.165, 1.54) is 18.2 Å². The minimum atomic E-state index is -4.01. The number of aromatic nitrogens is 1. The number of nitrogens with one attached hydrogen (secondary N) is 1. The molecule has 0 spiro atoms. The van der Waals surface area contributed by atoms with Gasteiger partial charge in [0.2, 0.25) is 5.91 Å². The van der Waals surface area contributed by atoms with Crippen LogP contribution in [0.1, 0.15) is 6.92 Å². The SMILES string of the molecule is CCn1c2ccccc2c2cc(NC(=O)CN(c3cccc(Cl)c3)S(=O)(=O)c3ccccc3)ccc21. The van der Waals surface area contributed by atoms with Crippen LogP contribution in [0.15, 0.2) is 102 Å². The van der Waals surface area contributed by atoms with Gasteiger partial charge in [0, 0.05) is 39.1 Å². The van der Waals surface area contributed by atoms with Crippen molar-refractivity contribution in [1.29, 1.82) is 0 Å². The second kappa shape index (κ2) is 9.68. The quantitative estimate of drug-likeness (QED) is 0.275. The summed E-state index contributed by atoms with van der Waals surface area (Å²) in [6.45, 7) is 2.51. The number of carbonyl (C=O) groups excluding carboxylic acids is 1. The van der Waals surface area contributed by atoms with Gasteiger partial charge in [0.25, 0.3) is 10.0 Å². The Morgan fingerprint density at radius 3 is 2.33 bits per heavy atom. The zero-order valence-electron chi connectivity index (χ0n) is 19.6. The lowest BCUT2D eigenvalue weighted by atomic mass is 10.1. The van der Waals surface area contributed by atoms with E-state index in [0.29, 0.717) is 16.4 Å². The lowest BCUT2D eigenvalue weighted by Gasteiger charge is -2.24. The second-order valence-electron chi connectivity index (χ2n) is 8.35. The van der Waals surface area contributed by atoms with Crippen LogP contribution in [0.25, 0.3) is 21.8 Å². The van der Waals surface area contributed by atoms with E-state index in [-0.39, 0.29) is 4.90 Å². The van der Waals surface area contributed by atoms with Gasteiger partial charge < -0.3 is 9.88 Å². The highest BCUT2D eigenvalue weighted by molar-refractivity contribution is 7.92. The molecule has 5 aromatic rings. The molecule has 0 unspecified atom stereocenters. The summed E-state index contributed by atoms with van der Waals surface area (Å²) >= 11 is 6.14. The fourth-order valence-corrected chi connectivity index (χ4v) is 6.09. The van der Waals surface area contributed by atoms with Crippen LogP contribution in [0.5, 0.6) is 0 Å². The smallest absolute Gasteiger partial charge is 0.264 e. The van der Waals surface area contributed by atoms with E-state index in [9.17, 15) is 13.2 Å². The van der Waals surface area contributed by atoms with Crippen molar-refractivity contribution in [1.82, 2.24) is 4.57 Å². The molecule has 36 heavy (non-hydrogen) atoms. The summed E-state index contributed by atoms with van der Waals surface area (Å²) in [5, 5.41) is 5.37. The summed E-state index contributed by atoms with van der Waals surface area (Å²) in [7, 11) is -4.01. The van der Waals surface area contributed by atoms with E-state index in [4.69, 9.17) is 11.6 Å². The van der Waals surface area contributed by atoms with Crippen LogP contribution in [0.2, 0.25) is 5.02 Å².